The number of nitrogens with zero attached hydrogens (tertiary/aromatic N) is 2. The van der Waals surface area contributed by atoms with Gasteiger partial charge in [0.1, 0.15) is 0 Å². The number of rotatable bonds is 3. The summed E-state index contributed by atoms with van der Waals surface area (Å²) in [6.07, 6.45) is 2.16. The predicted molar refractivity (Wildman–Crippen MR) is 72.9 cm³/mol. The predicted octanol–water partition coefficient (Wildman–Crippen LogP) is 1.54. The Bertz CT molecular complexity index is 432. The van der Waals surface area contributed by atoms with Crippen LogP contribution < -0.4 is 5.32 Å². The summed E-state index contributed by atoms with van der Waals surface area (Å²) in [5.41, 5.74) is 1.19. The molecule has 2 atom stereocenters. The highest BCUT2D eigenvalue weighted by Gasteiger charge is 2.37. The summed E-state index contributed by atoms with van der Waals surface area (Å²) in [6.45, 7) is 5.83. The van der Waals surface area contributed by atoms with E-state index in [1.807, 2.05) is 18.7 Å². The molecule has 1 aromatic heterocycles. The van der Waals surface area contributed by atoms with Crippen molar-refractivity contribution in [2.45, 2.75) is 38.7 Å². The molecule has 102 valence electrons. The topological polar surface area (TPSA) is 50.1 Å². The molecular weight excluding hydrogens is 250 g/mol. The Morgan fingerprint density at radius 1 is 1.61 bits per heavy atom. The zero-order valence-electron chi connectivity index (χ0n) is 11.3. The van der Waals surface area contributed by atoms with Gasteiger partial charge in [-0.2, -0.15) is 5.10 Å². The van der Waals surface area contributed by atoms with Gasteiger partial charge in [-0.1, -0.05) is 25.4 Å². The van der Waals surface area contributed by atoms with Crippen LogP contribution in [0.2, 0.25) is 5.02 Å². The van der Waals surface area contributed by atoms with Gasteiger partial charge in [-0.3, -0.25) is 4.68 Å². The first-order valence-corrected chi connectivity index (χ1v) is 6.99. The third-order valence-corrected chi connectivity index (χ3v) is 4.52. The van der Waals surface area contributed by atoms with E-state index in [2.05, 4.69) is 17.3 Å². The Kier molecular flexibility index (Phi) is 3.99. The second kappa shape index (κ2) is 5.19. The highest BCUT2D eigenvalue weighted by atomic mass is 35.5. The van der Waals surface area contributed by atoms with E-state index < -0.39 is 5.60 Å². The number of hydrogen-bond acceptors (Lipinski definition) is 3. The summed E-state index contributed by atoms with van der Waals surface area (Å²) in [5.74, 6) is 0.224. The van der Waals surface area contributed by atoms with Crippen LogP contribution in [0.25, 0.3) is 0 Å². The van der Waals surface area contributed by atoms with E-state index in [0.717, 1.165) is 42.3 Å². The number of hydrogen-bond donors (Lipinski definition) is 2. The van der Waals surface area contributed by atoms with Crippen LogP contribution in [0.1, 0.15) is 31.7 Å². The van der Waals surface area contributed by atoms with Crippen molar-refractivity contribution in [3.05, 3.63) is 16.4 Å². The molecule has 2 heterocycles. The largest absolute Gasteiger partial charge is 0.389 e. The number of aryl methyl sites for hydroxylation is 2. The van der Waals surface area contributed by atoms with Crippen molar-refractivity contribution >= 4 is 11.6 Å². The van der Waals surface area contributed by atoms with Crippen molar-refractivity contribution in [1.29, 1.82) is 0 Å². The van der Waals surface area contributed by atoms with E-state index in [1.54, 1.807) is 0 Å². The molecule has 5 heteroatoms. The van der Waals surface area contributed by atoms with Crippen LogP contribution in [0.4, 0.5) is 0 Å². The minimum absolute atomic E-state index is 0.224. The summed E-state index contributed by atoms with van der Waals surface area (Å²) in [5, 5.41) is 19.2. The van der Waals surface area contributed by atoms with Crippen LogP contribution in [0.5, 0.6) is 0 Å². The summed E-state index contributed by atoms with van der Waals surface area (Å²) in [7, 11) is 1.90. The Balaban J connectivity index is 2.25. The molecule has 18 heavy (non-hydrogen) atoms. The quantitative estimate of drug-likeness (QED) is 0.877. The molecule has 1 saturated heterocycles. The standard InChI is InChI=1S/C13H22ClN3O/c1-4-10-12(14)11(17(3)16-10)7-13(18)5-6-15-8-9(13)2/h9,15,18H,4-8H2,1-3H3. The van der Waals surface area contributed by atoms with Crippen molar-refractivity contribution in [3.63, 3.8) is 0 Å². The van der Waals surface area contributed by atoms with Gasteiger partial charge in [0.15, 0.2) is 0 Å². The first-order valence-electron chi connectivity index (χ1n) is 6.61. The maximum absolute atomic E-state index is 10.8. The lowest BCUT2D eigenvalue weighted by atomic mass is 9.79. The molecule has 2 N–H and O–H groups in total. The monoisotopic (exact) mass is 271 g/mol. The number of nitrogens with one attached hydrogen (secondary N) is 1. The molecule has 1 aliphatic rings. The molecule has 0 bridgehead atoms. The van der Waals surface area contributed by atoms with Gasteiger partial charge in [-0.05, 0) is 25.3 Å². The average molecular weight is 272 g/mol. The number of aliphatic hydroxyl groups is 1. The van der Waals surface area contributed by atoms with Gasteiger partial charge in [-0.15, -0.1) is 0 Å². The molecule has 0 spiro atoms. The van der Waals surface area contributed by atoms with E-state index in [1.165, 1.54) is 0 Å². The zero-order valence-corrected chi connectivity index (χ0v) is 12.1. The molecule has 2 unspecified atom stereocenters. The van der Waals surface area contributed by atoms with Crippen LogP contribution in [0, 0.1) is 5.92 Å². The summed E-state index contributed by atoms with van der Waals surface area (Å²) < 4.78 is 1.81. The molecule has 1 aliphatic heterocycles. The van der Waals surface area contributed by atoms with E-state index in [0.29, 0.717) is 6.42 Å². The third kappa shape index (κ3) is 2.42. The lowest BCUT2D eigenvalue weighted by Crippen LogP contribution is -2.50. The van der Waals surface area contributed by atoms with Crippen molar-refractivity contribution < 1.29 is 5.11 Å². The van der Waals surface area contributed by atoms with Crippen LogP contribution in [0.15, 0.2) is 0 Å². The fourth-order valence-electron chi connectivity index (χ4n) is 2.62. The van der Waals surface area contributed by atoms with Crippen molar-refractivity contribution in [2.24, 2.45) is 13.0 Å². The molecular formula is C13H22ClN3O. The molecule has 0 aromatic carbocycles. The molecule has 1 aromatic rings. The molecule has 4 nitrogen and oxygen atoms in total. The van der Waals surface area contributed by atoms with Gasteiger partial charge in [0.2, 0.25) is 0 Å². The van der Waals surface area contributed by atoms with Gasteiger partial charge in [0.05, 0.1) is 22.0 Å². The molecule has 0 radical (unpaired) electrons. The van der Waals surface area contributed by atoms with E-state index in [4.69, 9.17) is 11.6 Å². The Labute approximate surface area is 113 Å². The number of aromatic nitrogens is 2. The second-order valence-electron chi connectivity index (χ2n) is 5.32. The summed E-state index contributed by atoms with van der Waals surface area (Å²) in [4.78, 5) is 0. The fourth-order valence-corrected chi connectivity index (χ4v) is 2.98. The third-order valence-electron chi connectivity index (χ3n) is 4.08. The first-order chi connectivity index (χ1) is 8.48. The smallest absolute Gasteiger partial charge is 0.0850 e. The first kappa shape index (κ1) is 13.8. The molecule has 2 rings (SSSR count). The maximum Gasteiger partial charge on any atom is 0.0850 e. The highest BCUT2D eigenvalue weighted by Crippen LogP contribution is 2.31. The van der Waals surface area contributed by atoms with Gasteiger partial charge >= 0.3 is 0 Å². The van der Waals surface area contributed by atoms with E-state index in [-0.39, 0.29) is 5.92 Å². The maximum atomic E-state index is 10.8. The fraction of sp³-hybridized carbons (Fsp3) is 0.769. The zero-order chi connectivity index (χ0) is 13.3. The minimum atomic E-state index is -0.673. The minimum Gasteiger partial charge on any atom is -0.389 e. The lowest BCUT2D eigenvalue weighted by Gasteiger charge is -2.38. The second-order valence-corrected chi connectivity index (χ2v) is 5.70. The Morgan fingerprint density at radius 2 is 2.33 bits per heavy atom. The van der Waals surface area contributed by atoms with Crippen LogP contribution >= 0.6 is 11.6 Å². The van der Waals surface area contributed by atoms with Crippen molar-refractivity contribution in [3.8, 4) is 0 Å². The van der Waals surface area contributed by atoms with Crippen LogP contribution in [-0.4, -0.2) is 33.6 Å². The Hall–Kier alpha value is -0.580. The van der Waals surface area contributed by atoms with Crippen LogP contribution in [0.3, 0.4) is 0 Å². The van der Waals surface area contributed by atoms with E-state index >= 15 is 0 Å². The van der Waals surface area contributed by atoms with Gasteiger partial charge in [0, 0.05) is 20.0 Å². The van der Waals surface area contributed by atoms with Gasteiger partial charge in [0.25, 0.3) is 0 Å². The van der Waals surface area contributed by atoms with Gasteiger partial charge < -0.3 is 10.4 Å². The molecule has 1 fully saturated rings. The lowest BCUT2D eigenvalue weighted by molar-refractivity contribution is -0.0343. The van der Waals surface area contributed by atoms with Crippen LogP contribution in [-0.2, 0) is 19.9 Å². The molecule has 0 saturated carbocycles. The molecule has 0 aliphatic carbocycles. The Morgan fingerprint density at radius 3 is 2.89 bits per heavy atom. The highest BCUT2D eigenvalue weighted by molar-refractivity contribution is 6.31. The molecule has 0 amide bonds. The average Bonchev–Trinajstić information content (AvgIpc) is 2.60. The summed E-state index contributed by atoms with van der Waals surface area (Å²) >= 11 is 6.35. The van der Waals surface area contributed by atoms with Crippen molar-refractivity contribution in [2.75, 3.05) is 13.1 Å². The number of piperidine rings is 1. The normalized spacial score (nSPS) is 28.6. The van der Waals surface area contributed by atoms with Gasteiger partial charge in [-0.25, -0.2) is 0 Å². The number of halogens is 1. The van der Waals surface area contributed by atoms with Crippen molar-refractivity contribution in [1.82, 2.24) is 15.1 Å². The SMILES string of the molecule is CCc1nn(C)c(CC2(O)CCNCC2C)c1Cl. The summed E-state index contributed by atoms with van der Waals surface area (Å²) in [6, 6.07) is 0. The van der Waals surface area contributed by atoms with E-state index in [9.17, 15) is 5.11 Å².